The van der Waals surface area contributed by atoms with Crippen molar-refractivity contribution in [3.63, 3.8) is 0 Å². The van der Waals surface area contributed by atoms with E-state index >= 15 is 0 Å². The number of phenols is 1. The van der Waals surface area contributed by atoms with Crippen molar-refractivity contribution < 1.29 is 17.7 Å². The van der Waals surface area contributed by atoms with Crippen molar-refractivity contribution in [3.05, 3.63) is 59.2 Å². The summed E-state index contributed by atoms with van der Waals surface area (Å²) in [5.41, 5.74) is 5.39. The molecule has 0 atom stereocenters. The van der Waals surface area contributed by atoms with Crippen molar-refractivity contribution in [3.8, 4) is 22.6 Å². The molecule has 3 aromatic rings. The van der Waals surface area contributed by atoms with Gasteiger partial charge in [0.2, 0.25) is 0 Å². The molecule has 0 bridgehead atoms. The molecule has 25 heavy (non-hydrogen) atoms. The summed E-state index contributed by atoms with van der Waals surface area (Å²) in [5.74, 6) is 0.218. The van der Waals surface area contributed by atoms with Crippen LogP contribution in [0.4, 0.5) is 0 Å². The summed E-state index contributed by atoms with van der Waals surface area (Å²) in [6.45, 7) is 6.16. The summed E-state index contributed by atoms with van der Waals surface area (Å²) >= 11 is 0. The van der Waals surface area contributed by atoms with Gasteiger partial charge in [0, 0.05) is 5.39 Å². The van der Waals surface area contributed by atoms with Crippen LogP contribution < -0.4 is 9.32 Å². The average molecular weight is 357 g/mol. The van der Waals surface area contributed by atoms with E-state index in [0.29, 0.717) is 10.8 Å². The van der Waals surface area contributed by atoms with Gasteiger partial charge < -0.3 is 9.29 Å². The summed E-state index contributed by atoms with van der Waals surface area (Å²) in [6.07, 6.45) is 0. The van der Waals surface area contributed by atoms with E-state index < -0.39 is 10.3 Å². The topological polar surface area (TPSA) is 89.6 Å². The number of benzene rings is 3. The van der Waals surface area contributed by atoms with Gasteiger partial charge >= 0.3 is 10.3 Å². The quantitative estimate of drug-likeness (QED) is 0.747. The highest BCUT2D eigenvalue weighted by molar-refractivity contribution is 7.84. The Morgan fingerprint density at radius 1 is 0.960 bits per heavy atom. The largest absolute Gasteiger partial charge is 0.507 e. The second-order valence-electron chi connectivity index (χ2n) is 6.13. The summed E-state index contributed by atoms with van der Waals surface area (Å²) in [4.78, 5) is 0. The molecular weight excluding hydrogens is 338 g/mol. The van der Waals surface area contributed by atoms with Crippen LogP contribution in [-0.2, 0) is 10.3 Å². The lowest BCUT2D eigenvalue weighted by molar-refractivity contribution is 0.481. The van der Waals surface area contributed by atoms with Crippen LogP contribution in [0, 0.1) is 20.8 Å². The van der Waals surface area contributed by atoms with Crippen molar-refractivity contribution in [2.45, 2.75) is 20.8 Å². The minimum atomic E-state index is -4.10. The lowest BCUT2D eigenvalue weighted by Crippen LogP contribution is -2.18. The zero-order chi connectivity index (χ0) is 18.4. The predicted molar refractivity (Wildman–Crippen MR) is 99.0 cm³/mol. The predicted octanol–water partition coefficient (Wildman–Crippen LogP) is 3.72. The van der Waals surface area contributed by atoms with Gasteiger partial charge in [-0.15, -0.1) is 0 Å². The first-order valence-corrected chi connectivity index (χ1v) is 9.19. The van der Waals surface area contributed by atoms with E-state index in [-0.39, 0.29) is 11.5 Å². The maximum Gasteiger partial charge on any atom is 0.380 e. The monoisotopic (exact) mass is 357 g/mol. The summed E-state index contributed by atoms with van der Waals surface area (Å²) in [6, 6.07) is 12.2. The lowest BCUT2D eigenvalue weighted by Gasteiger charge is -2.13. The lowest BCUT2D eigenvalue weighted by atomic mass is 9.92. The molecule has 0 unspecified atom stereocenters. The van der Waals surface area contributed by atoms with E-state index in [4.69, 9.17) is 9.32 Å². The fraction of sp³-hybridized carbons (Fsp3) is 0.158. The van der Waals surface area contributed by atoms with Crippen LogP contribution in [0.1, 0.15) is 16.7 Å². The van der Waals surface area contributed by atoms with Gasteiger partial charge in [-0.05, 0) is 84.3 Å². The molecule has 0 spiro atoms. The van der Waals surface area contributed by atoms with Crippen molar-refractivity contribution in [1.82, 2.24) is 0 Å². The zero-order valence-electron chi connectivity index (χ0n) is 14.2. The Bertz CT molecular complexity index is 1090. The van der Waals surface area contributed by atoms with Crippen molar-refractivity contribution in [2.75, 3.05) is 0 Å². The van der Waals surface area contributed by atoms with Crippen LogP contribution >= 0.6 is 0 Å². The smallest absolute Gasteiger partial charge is 0.380 e. The average Bonchev–Trinajstić information content (AvgIpc) is 2.50. The minimum absolute atomic E-state index is 0.100. The SMILES string of the molecule is Cc1ccc(-c2cc(O)c3ccc(OS(N)(=O)=O)cc3c2)c(C)c1C. The number of rotatable bonds is 3. The van der Waals surface area contributed by atoms with E-state index in [0.717, 1.165) is 16.7 Å². The molecule has 0 fully saturated rings. The molecule has 0 heterocycles. The van der Waals surface area contributed by atoms with Crippen LogP contribution in [-0.4, -0.2) is 13.5 Å². The van der Waals surface area contributed by atoms with Crippen molar-refractivity contribution in [2.24, 2.45) is 5.14 Å². The molecule has 3 aromatic carbocycles. The maximum absolute atomic E-state index is 11.1. The fourth-order valence-corrected chi connectivity index (χ4v) is 3.31. The summed E-state index contributed by atoms with van der Waals surface area (Å²) in [5, 5.41) is 16.5. The number of fused-ring (bicyclic) bond motifs is 1. The molecule has 5 nitrogen and oxygen atoms in total. The number of aryl methyl sites for hydroxylation is 1. The molecule has 0 saturated carbocycles. The third kappa shape index (κ3) is 3.45. The first kappa shape index (κ1) is 17.3. The Hall–Kier alpha value is -2.57. The molecule has 0 amide bonds. The molecule has 0 aliphatic heterocycles. The first-order chi connectivity index (χ1) is 11.7. The van der Waals surface area contributed by atoms with E-state index in [9.17, 15) is 13.5 Å². The minimum Gasteiger partial charge on any atom is -0.507 e. The van der Waals surface area contributed by atoms with Crippen LogP contribution in [0.3, 0.4) is 0 Å². The molecule has 130 valence electrons. The van der Waals surface area contributed by atoms with Gasteiger partial charge in [0.15, 0.2) is 0 Å². The highest BCUT2D eigenvalue weighted by atomic mass is 32.2. The second-order valence-corrected chi connectivity index (χ2v) is 7.29. The molecule has 0 aliphatic carbocycles. The van der Waals surface area contributed by atoms with Gasteiger partial charge in [-0.1, -0.05) is 12.1 Å². The maximum atomic E-state index is 11.1. The zero-order valence-corrected chi connectivity index (χ0v) is 15.0. The van der Waals surface area contributed by atoms with Crippen molar-refractivity contribution >= 4 is 21.1 Å². The van der Waals surface area contributed by atoms with Crippen LogP contribution in [0.5, 0.6) is 11.5 Å². The Morgan fingerprint density at radius 3 is 2.36 bits per heavy atom. The molecule has 0 saturated heterocycles. The molecule has 3 N–H and O–H groups in total. The molecule has 0 aliphatic rings. The standard InChI is InChI=1S/C19H19NO4S/c1-11-4-6-17(13(3)12(11)2)15-8-14-9-16(24-25(20,22)23)5-7-18(14)19(21)10-15/h4-10,21H,1-3H3,(H2,20,22,23). The Balaban J connectivity index is 2.19. The molecule has 0 radical (unpaired) electrons. The number of hydrogen-bond donors (Lipinski definition) is 2. The highest BCUT2D eigenvalue weighted by Crippen LogP contribution is 2.36. The molecule has 0 aromatic heterocycles. The number of aromatic hydroxyl groups is 1. The van der Waals surface area contributed by atoms with Gasteiger partial charge in [0.1, 0.15) is 11.5 Å². The third-order valence-corrected chi connectivity index (χ3v) is 4.91. The Labute approximate surface area is 146 Å². The van der Waals surface area contributed by atoms with Crippen LogP contribution in [0.15, 0.2) is 42.5 Å². The number of hydrogen-bond acceptors (Lipinski definition) is 4. The molecule has 3 rings (SSSR count). The van der Waals surface area contributed by atoms with Gasteiger partial charge in [-0.25, -0.2) is 0 Å². The first-order valence-electron chi connectivity index (χ1n) is 7.72. The summed E-state index contributed by atoms with van der Waals surface area (Å²) in [7, 11) is -4.10. The van der Waals surface area contributed by atoms with E-state index in [1.54, 1.807) is 18.2 Å². The van der Waals surface area contributed by atoms with Gasteiger partial charge in [-0.2, -0.15) is 13.6 Å². The van der Waals surface area contributed by atoms with E-state index in [2.05, 4.69) is 13.8 Å². The van der Waals surface area contributed by atoms with Crippen LogP contribution in [0.2, 0.25) is 0 Å². The summed E-state index contributed by atoms with van der Waals surface area (Å²) < 4.78 is 26.9. The van der Waals surface area contributed by atoms with Crippen molar-refractivity contribution in [1.29, 1.82) is 0 Å². The number of nitrogens with two attached hydrogens (primary N) is 1. The Morgan fingerprint density at radius 2 is 1.68 bits per heavy atom. The van der Waals surface area contributed by atoms with Gasteiger partial charge in [-0.3, -0.25) is 0 Å². The second kappa shape index (κ2) is 6.06. The van der Waals surface area contributed by atoms with Gasteiger partial charge in [0.05, 0.1) is 0 Å². The van der Waals surface area contributed by atoms with Crippen LogP contribution in [0.25, 0.3) is 21.9 Å². The highest BCUT2D eigenvalue weighted by Gasteiger charge is 2.12. The third-order valence-electron chi connectivity index (χ3n) is 4.48. The fourth-order valence-electron chi connectivity index (χ4n) is 2.94. The molecular formula is C19H19NO4S. The van der Waals surface area contributed by atoms with E-state index in [1.165, 1.54) is 17.2 Å². The Kier molecular flexibility index (Phi) is 4.18. The van der Waals surface area contributed by atoms with E-state index in [1.807, 2.05) is 25.1 Å². The van der Waals surface area contributed by atoms with Gasteiger partial charge in [0.25, 0.3) is 0 Å². The molecule has 6 heteroatoms. The number of phenolic OH excluding ortho intramolecular Hbond substituents is 1. The normalized spacial score (nSPS) is 11.7.